The van der Waals surface area contributed by atoms with Gasteiger partial charge in [0, 0.05) is 6.04 Å². The van der Waals surface area contributed by atoms with Crippen LogP contribution in [0.4, 0.5) is 4.79 Å². The number of carbonyl (C=O) groups is 1. The molecule has 33 heavy (non-hydrogen) atoms. The van der Waals surface area contributed by atoms with E-state index in [4.69, 9.17) is 19.3 Å². The van der Waals surface area contributed by atoms with Crippen molar-refractivity contribution < 1.29 is 32.5 Å². The summed E-state index contributed by atoms with van der Waals surface area (Å²) in [7, 11) is -2.63. The predicted octanol–water partition coefficient (Wildman–Crippen LogP) is 3.30. The van der Waals surface area contributed by atoms with Gasteiger partial charge in [-0.1, -0.05) is 18.2 Å². The van der Waals surface area contributed by atoms with Crippen molar-refractivity contribution in [2.45, 2.75) is 50.7 Å². The number of aromatic hydroxyl groups is 1. The summed E-state index contributed by atoms with van der Waals surface area (Å²) in [4.78, 5) is 14.3. The Morgan fingerprint density at radius 2 is 1.82 bits per heavy atom. The Morgan fingerprint density at radius 1 is 1.15 bits per heavy atom. The topological polar surface area (TPSA) is 128 Å². The molecule has 1 atom stereocenters. The summed E-state index contributed by atoms with van der Waals surface area (Å²) < 4.78 is 40.1. The minimum absolute atomic E-state index is 0.00289. The standard InChI is InChI=1S/C23H32N2O7S/c1-16(14-17-10-11-20(30-5)21(15-17)33(24,28)29)25(22(27)32-23(2,3)4)12-13-31-19-9-7-6-8-18(19)26/h6-11,15-16,26H,12-14H2,1-5H3,(H2,24,28,29). The normalized spacial score (nSPS) is 12.7. The Hall–Kier alpha value is -2.98. The SMILES string of the molecule is COc1ccc(CC(C)N(CCOc2ccccc2O)C(=O)OC(C)(C)C)cc1S(N)(=O)=O. The number of phenols is 1. The van der Waals surface area contributed by atoms with E-state index in [-0.39, 0.29) is 35.6 Å². The molecule has 0 saturated heterocycles. The molecular weight excluding hydrogens is 448 g/mol. The molecule has 2 rings (SSSR count). The van der Waals surface area contributed by atoms with E-state index in [9.17, 15) is 18.3 Å². The first-order valence-electron chi connectivity index (χ1n) is 10.4. The number of nitrogens with two attached hydrogens (primary N) is 1. The molecule has 0 aromatic heterocycles. The Bertz CT molecular complexity index is 1060. The maximum atomic E-state index is 12.9. The van der Waals surface area contributed by atoms with Crippen LogP contribution in [0.25, 0.3) is 0 Å². The van der Waals surface area contributed by atoms with Gasteiger partial charge in [0.1, 0.15) is 22.9 Å². The van der Waals surface area contributed by atoms with Crippen molar-refractivity contribution in [3.63, 3.8) is 0 Å². The van der Waals surface area contributed by atoms with E-state index in [1.165, 1.54) is 30.2 Å². The average Bonchev–Trinajstić information content (AvgIpc) is 2.70. The van der Waals surface area contributed by atoms with Crippen LogP contribution in [-0.2, 0) is 21.2 Å². The molecule has 9 nitrogen and oxygen atoms in total. The van der Waals surface area contributed by atoms with Crippen LogP contribution < -0.4 is 14.6 Å². The fourth-order valence-electron chi connectivity index (χ4n) is 3.17. The molecule has 0 fully saturated rings. The summed E-state index contributed by atoms with van der Waals surface area (Å²) in [5, 5.41) is 15.2. The maximum absolute atomic E-state index is 12.9. The van der Waals surface area contributed by atoms with Crippen molar-refractivity contribution >= 4 is 16.1 Å². The van der Waals surface area contributed by atoms with Gasteiger partial charge >= 0.3 is 6.09 Å². The summed E-state index contributed by atoms with van der Waals surface area (Å²) in [6.07, 6.45) is -0.196. The minimum Gasteiger partial charge on any atom is -0.504 e. The lowest BCUT2D eigenvalue weighted by Crippen LogP contribution is -2.45. The molecule has 1 amide bonds. The number of hydrogen-bond acceptors (Lipinski definition) is 7. The molecule has 0 saturated carbocycles. The number of amides is 1. The number of rotatable bonds is 9. The second-order valence-electron chi connectivity index (χ2n) is 8.57. The number of ether oxygens (including phenoxy) is 3. The highest BCUT2D eigenvalue weighted by atomic mass is 32.2. The summed E-state index contributed by atoms with van der Waals surface area (Å²) in [6, 6.07) is 10.9. The van der Waals surface area contributed by atoms with E-state index in [0.717, 1.165) is 0 Å². The predicted molar refractivity (Wildman–Crippen MR) is 124 cm³/mol. The van der Waals surface area contributed by atoms with Gasteiger partial charge in [0.25, 0.3) is 0 Å². The van der Waals surface area contributed by atoms with Crippen molar-refractivity contribution in [3.05, 3.63) is 48.0 Å². The minimum atomic E-state index is -3.99. The van der Waals surface area contributed by atoms with Crippen molar-refractivity contribution in [1.82, 2.24) is 4.90 Å². The van der Waals surface area contributed by atoms with Crippen molar-refractivity contribution in [1.29, 1.82) is 0 Å². The monoisotopic (exact) mass is 480 g/mol. The van der Waals surface area contributed by atoms with E-state index < -0.39 is 21.7 Å². The molecule has 10 heteroatoms. The first kappa shape index (κ1) is 26.3. The van der Waals surface area contributed by atoms with E-state index in [1.54, 1.807) is 45.0 Å². The number of carbonyl (C=O) groups excluding carboxylic acids is 1. The Kier molecular flexibility index (Phi) is 8.57. The molecule has 182 valence electrons. The number of benzene rings is 2. The van der Waals surface area contributed by atoms with Gasteiger partial charge in [-0.2, -0.15) is 0 Å². The van der Waals surface area contributed by atoms with Crippen LogP contribution >= 0.6 is 0 Å². The zero-order valence-corrected chi connectivity index (χ0v) is 20.4. The molecule has 0 aliphatic heterocycles. The highest BCUT2D eigenvalue weighted by molar-refractivity contribution is 7.89. The molecule has 0 spiro atoms. The first-order valence-corrected chi connectivity index (χ1v) is 12.0. The smallest absolute Gasteiger partial charge is 0.410 e. The number of methoxy groups -OCH3 is 1. The molecule has 0 radical (unpaired) electrons. The Labute approximate surface area is 195 Å². The second-order valence-corrected chi connectivity index (χ2v) is 10.1. The zero-order chi connectivity index (χ0) is 24.8. The summed E-state index contributed by atoms with van der Waals surface area (Å²) in [5.74, 6) is 0.458. The van der Waals surface area contributed by atoms with Crippen LogP contribution in [0.5, 0.6) is 17.2 Å². The average molecular weight is 481 g/mol. The van der Waals surface area contributed by atoms with Crippen LogP contribution in [0.3, 0.4) is 0 Å². The van der Waals surface area contributed by atoms with E-state index in [0.29, 0.717) is 17.7 Å². The Balaban J connectivity index is 2.21. The van der Waals surface area contributed by atoms with Gasteiger partial charge in [-0.05, 0) is 63.9 Å². The third-order valence-electron chi connectivity index (χ3n) is 4.68. The van der Waals surface area contributed by atoms with E-state index in [2.05, 4.69) is 0 Å². The molecule has 2 aromatic carbocycles. The first-order chi connectivity index (χ1) is 15.3. The van der Waals surface area contributed by atoms with Crippen molar-refractivity contribution in [3.8, 4) is 17.2 Å². The van der Waals surface area contributed by atoms with Gasteiger partial charge in [-0.3, -0.25) is 0 Å². The van der Waals surface area contributed by atoms with Crippen LogP contribution in [-0.4, -0.2) is 56.4 Å². The fraction of sp³-hybridized carbons (Fsp3) is 0.435. The van der Waals surface area contributed by atoms with Crippen LogP contribution in [0.1, 0.15) is 33.3 Å². The summed E-state index contributed by atoms with van der Waals surface area (Å²) in [6.45, 7) is 7.44. The van der Waals surface area contributed by atoms with Crippen LogP contribution in [0.2, 0.25) is 0 Å². The van der Waals surface area contributed by atoms with Gasteiger partial charge < -0.3 is 24.2 Å². The van der Waals surface area contributed by atoms with Gasteiger partial charge in [0.15, 0.2) is 11.5 Å². The Morgan fingerprint density at radius 3 is 2.39 bits per heavy atom. The number of nitrogens with zero attached hydrogens (tertiary/aromatic N) is 1. The summed E-state index contributed by atoms with van der Waals surface area (Å²) >= 11 is 0. The molecule has 0 bridgehead atoms. The number of hydrogen-bond donors (Lipinski definition) is 2. The lowest BCUT2D eigenvalue weighted by Gasteiger charge is -2.32. The third kappa shape index (κ3) is 7.83. The molecule has 2 aromatic rings. The molecule has 1 unspecified atom stereocenters. The largest absolute Gasteiger partial charge is 0.504 e. The van der Waals surface area contributed by atoms with Gasteiger partial charge in [-0.25, -0.2) is 18.4 Å². The number of phenolic OH excluding ortho intramolecular Hbond substituents is 1. The molecular formula is C23H32N2O7S. The molecule has 0 aliphatic rings. The van der Waals surface area contributed by atoms with Crippen molar-refractivity contribution in [2.24, 2.45) is 5.14 Å². The van der Waals surface area contributed by atoms with Crippen molar-refractivity contribution in [2.75, 3.05) is 20.3 Å². The van der Waals surface area contributed by atoms with E-state index in [1.807, 2.05) is 6.92 Å². The quantitative estimate of drug-likeness (QED) is 0.563. The molecule has 3 N–H and O–H groups in total. The second kappa shape index (κ2) is 10.8. The van der Waals surface area contributed by atoms with Gasteiger partial charge in [-0.15, -0.1) is 0 Å². The van der Waals surface area contributed by atoms with E-state index >= 15 is 0 Å². The highest BCUT2D eigenvalue weighted by Gasteiger charge is 2.27. The third-order valence-corrected chi connectivity index (χ3v) is 5.61. The zero-order valence-electron chi connectivity index (χ0n) is 19.6. The number of para-hydroxylation sites is 2. The number of sulfonamides is 1. The lowest BCUT2D eigenvalue weighted by atomic mass is 10.1. The van der Waals surface area contributed by atoms with Gasteiger partial charge in [0.2, 0.25) is 10.0 Å². The van der Waals surface area contributed by atoms with Crippen LogP contribution in [0, 0.1) is 0 Å². The van der Waals surface area contributed by atoms with Crippen LogP contribution in [0.15, 0.2) is 47.4 Å². The molecule has 0 aliphatic carbocycles. The highest BCUT2D eigenvalue weighted by Crippen LogP contribution is 2.26. The number of primary sulfonamides is 1. The summed E-state index contributed by atoms with van der Waals surface area (Å²) in [5.41, 5.74) is -0.0448. The maximum Gasteiger partial charge on any atom is 0.410 e. The van der Waals surface area contributed by atoms with Gasteiger partial charge in [0.05, 0.1) is 13.7 Å². The molecule has 0 heterocycles. The fourth-order valence-corrected chi connectivity index (χ4v) is 3.91. The lowest BCUT2D eigenvalue weighted by molar-refractivity contribution is 0.0148.